The van der Waals surface area contributed by atoms with Gasteiger partial charge < -0.3 is 14.7 Å². The third-order valence-corrected chi connectivity index (χ3v) is 5.86. The number of carboxylic acid groups (broad SMARTS) is 1. The molecule has 1 rings (SSSR count). The van der Waals surface area contributed by atoms with Crippen LogP contribution in [0, 0.1) is 0 Å². The molecule has 1 unspecified atom stereocenters. The fraction of sp³-hybridized carbons (Fsp3) is 0.812. The highest BCUT2D eigenvalue weighted by atomic mass is 28.3. The standard InChI is InChI=1S/C16H30N2O5Si/c1-17(16(22)23-10-11-24(2,3)4)13(12-14(19)20)15(21)18-8-6-5-7-9-18/h13H,5-12H2,1-4H3,(H,19,20). The highest BCUT2D eigenvalue weighted by molar-refractivity contribution is 6.76. The number of carboxylic acids is 1. The molecule has 1 atom stereocenters. The van der Waals surface area contributed by atoms with Crippen molar-refractivity contribution in [1.82, 2.24) is 9.80 Å². The second-order valence-electron chi connectivity index (χ2n) is 7.54. The molecule has 1 aliphatic rings. The Morgan fingerprint density at radius 2 is 1.75 bits per heavy atom. The molecule has 0 aromatic rings. The van der Waals surface area contributed by atoms with Gasteiger partial charge in [-0.25, -0.2) is 4.79 Å². The molecule has 0 radical (unpaired) electrons. The van der Waals surface area contributed by atoms with Gasteiger partial charge in [0.15, 0.2) is 0 Å². The fourth-order valence-corrected chi connectivity index (χ4v) is 3.27. The van der Waals surface area contributed by atoms with Crippen LogP contribution in [-0.4, -0.2) is 73.7 Å². The minimum Gasteiger partial charge on any atom is -0.481 e. The average molecular weight is 359 g/mol. The molecule has 0 saturated carbocycles. The lowest BCUT2D eigenvalue weighted by molar-refractivity contribution is -0.145. The summed E-state index contributed by atoms with van der Waals surface area (Å²) in [5.41, 5.74) is 0. The molecule has 0 aromatic carbocycles. The van der Waals surface area contributed by atoms with Crippen molar-refractivity contribution in [2.24, 2.45) is 0 Å². The number of carbonyl (C=O) groups excluding carboxylic acids is 2. The van der Waals surface area contributed by atoms with Crippen molar-refractivity contribution in [3.05, 3.63) is 0 Å². The number of likely N-dealkylation sites (tertiary alicyclic amines) is 1. The molecule has 1 fully saturated rings. The summed E-state index contributed by atoms with van der Waals surface area (Å²) >= 11 is 0. The van der Waals surface area contributed by atoms with E-state index in [-0.39, 0.29) is 5.91 Å². The van der Waals surface area contributed by atoms with Crippen LogP contribution in [0.3, 0.4) is 0 Å². The Kier molecular flexibility index (Phi) is 7.72. The van der Waals surface area contributed by atoms with Crippen LogP contribution in [-0.2, 0) is 14.3 Å². The van der Waals surface area contributed by atoms with Crippen LogP contribution in [0.1, 0.15) is 25.7 Å². The molecule has 0 spiro atoms. The van der Waals surface area contributed by atoms with Crippen molar-refractivity contribution < 1.29 is 24.2 Å². The van der Waals surface area contributed by atoms with Crippen molar-refractivity contribution >= 4 is 26.0 Å². The average Bonchev–Trinajstić information content (AvgIpc) is 2.50. The van der Waals surface area contributed by atoms with Gasteiger partial charge in [0.25, 0.3) is 0 Å². The Balaban J connectivity index is 2.69. The molecule has 1 saturated heterocycles. The number of likely N-dealkylation sites (N-methyl/N-ethyl adjacent to an activating group) is 1. The molecule has 1 heterocycles. The largest absolute Gasteiger partial charge is 0.481 e. The number of piperidine rings is 1. The number of ether oxygens (including phenoxy) is 1. The summed E-state index contributed by atoms with van der Waals surface area (Å²) in [5, 5.41) is 9.10. The van der Waals surface area contributed by atoms with Crippen molar-refractivity contribution in [2.75, 3.05) is 26.7 Å². The lowest BCUT2D eigenvalue weighted by Crippen LogP contribution is -2.51. The van der Waals surface area contributed by atoms with Crippen LogP contribution in [0.25, 0.3) is 0 Å². The molecule has 24 heavy (non-hydrogen) atoms. The lowest BCUT2D eigenvalue weighted by atomic mass is 10.1. The summed E-state index contributed by atoms with van der Waals surface area (Å²) in [4.78, 5) is 38.7. The normalized spacial score (nSPS) is 16.4. The topological polar surface area (TPSA) is 87.1 Å². The highest BCUT2D eigenvalue weighted by Gasteiger charge is 2.34. The molecule has 1 aliphatic heterocycles. The van der Waals surface area contributed by atoms with Crippen LogP contribution < -0.4 is 0 Å². The predicted octanol–water partition coefficient (Wildman–Crippen LogP) is 2.25. The van der Waals surface area contributed by atoms with Crippen molar-refractivity contribution in [2.45, 2.75) is 57.4 Å². The SMILES string of the molecule is CN(C(=O)OCC[Si](C)(C)C)C(CC(=O)O)C(=O)N1CCCCC1. The number of carbonyl (C=O) groups is 3. The summed E-state index contributed by atoms with van der Waals surface area (Å²) in [5.74, 6) is -1.41. The maximum Gasteiger partial charge on any atom is 0.410 e. The van der Waals surface area contributed by atoms with Gasteiger partial charge in [-0.05, 0) is 25.3 Å². The summed E-state index contributed by atoms with van der Waals surface area (Å²) in [6.07, 6.45) is 1.85. The van der Waals surface area contributed by atoms with Gasteiger partial charge in [-0.1, -0.05) is 19.6 Å². The van der Waals surface area contributed by atoms with Gasteiger partial charge in [0, 0.05) is 28.2 Å². The van der Waals surface area contributed by atoms with E-state index in [0.717, 1.165) is 30.2 Å². The maximum absolute atomic E-state index is 12.6. The number of hydrogen-bond donors (Lipinski definition) is 1. The molecular formula is C16H30N2O5Si. The smallest absolute Gasteiger partial charge is 0.410 e. The number of amides is 2. The van der Waals surface area contributed by atoms with E-state index in [2.05, 4.69) is 19.6 Å². The summed E-state index contributed by atoms with van der Waals surface area (Å²) in [6.45, 7) is 8.07. The summed E-state index contributed by atoms with van der Waals surface area (Å²) < 4.78 is 5.24. The van der Waals surface area contributed by atoms with Gasteiger partial charge >= 0.3 is 12.1 Å². The quantitative estimate of drug-likeness (QED) is 0.705. The molecule has 138 valence electrons. The van der Waals surface area contributed by atoms with Crippen molar-refractivity contribution in [1.29, 1.82) is 0 Å². The Morgan fingerprint density at radius 3 is 2.25 bits per heavy atom. The van der Waals surface area contributed by atoms with E-state index in [1.54, 1.807) is 4.90 Å². The zero-order chi connectivity index (χ0) is 18.3. The van der Waals surface area contributed by atoms with Gasteiger partial charge in [0.05, 0.1) is 13.0 Å². The van der Waals surface area contributed by atoms with E-state index in [9.17, 15) is 14.4 Å². The number of rotatable bonds is 7. The van der Waals surface area contributed by atoms with Crippen LogP contribution in [0.5, 0.6) is 0 Å². The van der Waals surface area contributed by atoms with E-state index < -0.39 is 32.6 Å². The van der Waals surface area contributed by atoms with Crippen LogP contribution in [0.2, 0.25) is 25.7 Å². The molecule has 0 aromatic heterocycles. The molecule has 8 heteroatoms. The minimum atomic E-state index is -1.33. The van der Waals surface area contributed by atoms with Gasteiger partial charge in [-0.15, -0.1) is 0 Å². The first-order valence-corrected chi connectivity index (χ1v) is 12.2. The first kappa shape index (κ1) is 20.5. The Morgan fingerprint density at radius 1 is 1.17 bits per heavy atom. The maximum atomic E-state index is 12.6. The molecule has 7 nitrogen and oxygen atoms in total. The summed E-state index contributed by atoms with van der Waals surface area (Å²) in [7, 11) is 0.111. The lowest BCUT2D eigenvalue weighted by Gasteiger charge is -2.33. The summed E-state index contributed by atoms with van der Waals surface area (Å²) in [6, 6.07) is -0.184. The van der Waals surface area contributed by atoms with Crippen LogP contribution >= 0.6 is 0 Å². The fourth-order valence-electron chi connectivity index (χ4n) is 2.55. The zero-order valence-electron chi connectivity index (χ0n) is 15.2. The van der Waals surface area contributed by atoms with Gasteiger partial charge in [0.2, 0.25) is 5.91 Å². The first-order chi connectivity index (χ1) is 11.1. The van der Waals surface area contributed by atoms with E-state index in [0.29, 0.717) is 19.7 Å². The number of nitrogens with zero attached hydrogens (tertiary/aromatic N) is 2. The molecule has 0 bridgehead atoms. The van der Waals surface area contributed by atoms with E-state index in [1.807, 2.05) is 0 Å². The van der Waals surface area contributed by atoms with Gasteiger partial charge in [-0.3, -0.25) is 14.5 Å². The van der Waals surface area contributed by atoms with Gasteiger partial charge in [-0.2, -0.15) is 0 Å². The first-order valence-electron chi connectivity index (χ1n) is 8.52. The van der Waals surface area contributed by atoms with Gasteiger partial charge in [0.1, 0.15) is 6.04 Å². The third-order valence-electron chi connectivity index (χ3n) is 4.15. The second kappa shape index (κ2) is 9.05. The second-order valence-corrected chi connectivity index (χ2v) is 13.2. The van der Waals surface area contributed by atoms with Crippen molar-refractivity contribution in [3.63, 3.8) is 0 Å². The van der Waals surface area contributed by atoms with Crippen LogP contribution in [0.4, 0.5) is 4.79 Å². The van der Waals surface area contributed by atoms with Crippen molar-refractivity contribution in [3.8, 4) is 0 Å². The number of aliphatic carboxylic acids is 1. The predicted molar refractivity (Wildman–Crippen MR) is 93.7 cm³/mol. The Bertz CT molecular complexity index is 458. The molecular weight excluding hydrogens is 328 g/mol. The van der Waals surface area contributed by atoms with E-state index in [1.165, 1.54) is 7.05 Å². The molecule has 1 N–H and O–H groups in total. The molecule has 2 amide bonds. The van der Waals surface area contributed by atoms with Crippen LogP contribution in [0.15, 0.2) is 0 Å². The third kappa shape index (κ3) is 6.90. The highest BCUT2D eigenvalue weighted by Crippen LogP contribution is 2.15. The zero-order valence-corrected chi connectivity index (χ0v) is 16.2. The Labute approximate surface area is 145 Å². The molecule has 0 aliphatic carbocycles. The van der Waals surface area contributed by atoms with E-state index >= 15 is 0 Å². The number of hydrogen-bond acceptors (Lipinski definition) is 4. The van der Waals surface area contributed by atoms with E-state index in [4.69, 9.17) is 9.84 Å². The Hall–Kier alpha value is -1.57. The minimum absolute atomic E-state index is 0.302. The monoisotopic (exact) mass is 358 g/mol.